The second-order valence-corrected chi connectivity index (χ2v) is 4.88. The molecular formula is C11H14Cl2N4O2. The number of halogens is 2. The predicted octanol–water partition coefficient (Wildman–Crippen LogP) is 0.931. The number of primary amides is 1. The fourth-order valence-electron chi connectivity index (χ4n) is 1.47. The molecule has 0 fully saturated rings. The summed E-state index contributed by atoms with van der Waals surface area (Å²) < 4.78 is 0. The standard InChI is InChI=1S/C11H14Cl2N4O2/c1-17(4-9(15)18)5-10(19)16-11-7(13)2-6(12)3-8(11)14/h2-3H,4-5,14H2,1H3,(H2,15,18)(H,16,19). The molecule has 8 heteroatoms. The minimum absolute atomic E-state index is 0.0126. The number of nitrogens with one attached hydrogen (secondary N) is 1. The van der Waals surface area contributed by atoms with Gasteiger partial charge in [-0.05, 0) is 19.2 Å². The third-order valence-electron chi connectivity index (χ3n) is 2.19. The Morgan fingerprint density at radius 1 is 1.32 bits per heavy atom. The quantitative estimate of drug-likeness (QED) is 0.704. The summed E-state index contributed by atoms with van der Waals surface area (Å²) in [5.74, 6) is -0.876. The smallest absolute Gasteiger partial charge is 0.238 e. The maximum Gasteiger partial charge on any atom is 0.238 e. The number of anilines is 2. The van der Waals surface area contributed by atoms with Gasteiger partial charge in [0.2, 0.25) is 11.8 Å². The molecule has 0 heterocycles. The zero-order chi connectivity index (χ0) is 14.6. The van der Waals surface area contributed by atoms with Crippen molar-refractivity contribution < 1.29 is 9.59 Å². The lowest BCUT2D eigenvalue weighted by molar-refractivity contribution is -0.120. The molecule has 6 nitrogen and oxygen atoms in total. The molecule has 1 aromatic carbocycles. The fourth-order valence-corrected chi connectivity index (χ4v) is 2.03. The van der Waals surface area contributed by atoms with Crippen molar-refractivity contribution in [2.45, 2.75) is 0 Å². The Bertz CT molecular complexity index is 484. The summed E-state index contributed by atoms with van der Waals surface area (Å²) in [4.78, 5) is 23.9. The average Bonchev–Trinajstić information content (AvgIpc) is 2.21. The Morgan fingerprint density at radius 2 is 1.95 bits per heavy atom. The van der Waals surface area contributed by atoms with E-state index in [2.05, 4.69) is 5.32 Å². The van der Waals surface area contributed by atoms with E-state index in [1.54, 1.807) is 7.05 Å². The van der Waals surface area contributed by atoms with Gasteiger partial charge in [0, 0.05) is 5.02 Å². The number of hydrogen-bond donors (Lipinski definition) is 3. The highest BCUT2D eigenvalue weighted by Gasteiger charge is 2.13. The van der Waals surface area contributed by atoms with Crippen LogP contribution in [-0.4, -0.2) is 36.9 Å². The first-order valence-electron chi connectivity index (χ1n) is 5.31. The van der Waals surface area contributed by atoms with Crippen molar-refractivity contribution >= 4 is 46.4 Å². The average molecular weight is 305 g/mol. The minimum Gasteiger partial charge on any atom is -0.397 e. The van der Waals surface area contributed by atoms with Crippen LogP contribution in [0.25, 0.3) is 0 Å². The van der Waals surface area contributed by atoms with Crippen LogP contribution >= 0.6 is 23.2 Å². The molecule has 0 atom stereocenters. The van der Waals surface area contributed by atoms with Gasteiger partial charge in [0.25, 0.3) is 0 Å². The summed E-state index contributed by atoms with van der Waals surface area (Å²) in [7, 11) is 1.59. The number of rotatable bonds is 5. The fraction of sp³-hybridized carbons (Fsp3) is 0.273. The molecule has 0 aromatic heterocycles. The van der Waals surface area contributed by atoms with Crippen LogP contribution in [-0.2, 0) is 9.59 Å². The molecule has 0 unspecified atom stereocenters. The van der Waals surface area contributed by atoms with E-state index in [1.165, 1.54) is 17.0 Å². The van der Waals surface area contributed by atoms with Gasteiger partial charge in [0.15, 0.2) is 0 Å². The zero-order valence-corrected chi connectivity index (χ0v) is 11.8. The normalized spacial score (nSPS) is 10.5. The minimum atomic E-state index is -0.515. The van der Waals surface area contributed by atoms with Gasteiger partial charge in [-0.2, -0.15) is 0 Å². The summed E-state index contributed by atoms with van der Waals surface area (Å²) in [6.45, 7) is -0.0292. The van der Waals surface area contributed by atoms with Crippen LogP contribution in [0.3, 0.4) is 0 Å². The topological polar surface area (TPSA) is 101 Å². The molecule has 0 spiro atoms. The Kier molecular flexibility index (Phi) is 5.41. The van der Waals surface area contributed by atoms with Crippen molar-refractivity contribution in [2.75, 3.05) is 31.2 Å². The molecule has 0 aliphatic heterocycles. The van der Waals surface area contributed by atoms with Crippen molar-refractivity contribution in [2.24, 2.45) is 5.73 Å². The van der Waals surface area contributed by atoms with E-state index in [0.717, 1.165) is 0 Å². The Labute approximate surface area is 120 Å². The van der Waals surface area contributed by atoms with Crippen LogP contribution < -0.4 is 16.8 Å². The highest BCUT2D eigenvalue weighted by molar-refractivity contribution is 6.37. The summed E-state index contributed by atoms with van der Waals surface area (Å²) in [6, 6.07) is 2.96. The zero-order valence-electron chi connectivity index (χ0n) is 10.2. The van der Waals surface area contributed by atoms with Crippen molar-refractivity contribution in [1.29, 1.82) is 0 Å². The molecule has 1 aromatic rings. The Hall–Kier alpha value is -1.50. The summed E-state index contributed by atoms with van der Waals surface area (Å²) >= 11 is 11.7. The first-order chi connectivity index (χ1) is 8.79. The SMILES string of the molecule is CN(CC(N)=O)CC(=O)Nc1c(N)cc(Cl)cc1Cl. The van der Waals surface area contributed by atoms with Gasteiger partial charge in [-0.25, -0.2) is 0 Å². The molecule has 0 bridgehead atoms. The van der Waals surface area contributed by atoms with Crippen LogP contribution in [0.5, 0.6) is 0 Å². The van der Waals surface area contributed by atoms with E-state index in [-0.39, 0.29) is 29.7 Å². The summed E-state index contributed by atoms with van der Waals surface area (Å²) in [5.41, 5.74) is 11.3. The van der Waals surface area contributed by atoms with E-state index in [1.807, 2.05) is 0 Å². The molecule has 0 saturated heterocycles. The predicted molar refractivity (Wildman–Crippen MR) is 76.2 cm³/mol. The maximum absolute atomic E-state index is 11.7. The van der Waals surface area contributed by atoms with Crippen LogP contribution in [0.4, 0.5) is 11.4 Å². The molecule has 19 heavy (non-hydrogen) atoms. The lowest BCUT2D eigenvalue weighted by Gasteiger charge is -2.15. The largest absolute Gasteiger partial charge is 0.397 e. The van der Waals surface area contributed by atoms with Crippen molar-refractivity contribution in [1.82, 2.24) is 4.90 Å². The second kappa shape index (κ2) is 6.60. The first-order valence-corrected chi connectivity index (χ1v) is 6.06. The number of amides is 2. The van der Waals surface area contributed by atoms with Crippen LogP contribution in [0.2, 0.25) is 10.0 Å². The molecule has 0 aliphatic rings. The number of likely N-dealkylation sites (N-methyl/N-ethyl adjacent to an activating group) is 1. The number of carbonyl (C=O) groups excluding carboxylic acids is 2. The highest BCUT2D eigenvalue weighted by Crippen LogP contribution is 2.31. The molecule has 0 aliphatic carbocycles. The first kappa shape index (κ1) is 15.6. The molecule has 5 N–H and O–H groups in total. The number of benzene rings is 1. The molecule has 104 valence electrons. The number of hydrogen-bond acceptors (Lipinski definition) is 4. The van der Waals surface area contributed by atoms with E-state index in [0.29, 0.717) is 10.7 Å². The van der Waals surface area contributed by atoms with Crippen LogP contribution in [0, 0.1) is 0 Å². The van der Waals surface area contributed by atoms with E-state index >= 15 is 0 Å². The molecule has 0 radical (unpaired) electrons. The summed E-state index contributed by atoms with van der Waals surface area (Å²) in [5, 5.41) is 3.19. The molecule has 2 amide bonds. The lowest BCUT2D eigenvalue weighted by Crippen LogP contribution is -2.36. The van der Waals surface area contributed by atoms with Crippen molar-refractivity contribution in [3.05, 3.63) is 22.2 Å². The summed E-state index contributed by atoms with van der Waals surface area (Å²) in [6.07, 6.45) is 0. The van der Waals surface area contributed by atoms with Gasteiger partial charge in [0.05, 0.1) is 29.5 Å². The van der Waals surface area contributed by atoms with Gasteiger partial charge in [-0.15, -0.1) is 0 Å². The van der Waals surface area contributed by atoms with Gasteiger partial charge in [-0.1, -0.05) is 23.2 Å². The van der Waals surface area contributed by atoms with Gasteiger partial charge < -0.3 is 16.8 Å². The lowest BCUT2D eigenvalue weighted by atomic mass is 10.2. The van der Waals surface area contributed by atoms with Crippen molar-refractivity contribution in [3.63, 3.8) is 0 Å². The Balaban J connectivity index is 2.70. The van der Waals surface area contributed by atoms with Gasteiger partial charge in [0.1, 0.15) is 0 Å². The van der Waals surface area contributed by atoms with Crippen LogP contribution in [0.15, 0.2) is 12.1 Å². The monoisotopic (exact) mass is 304 g/mol. The third kappa shape index (κ3) is 4.94. The molecule has 1 rings (SSSR count). The number of carbonyl (C=O) groups is 2. The van der Waals surface area contributed by atoms with E-state index in [9.17, 15) is 9.59 Å². The van der Waals surface area contributed by atoms with E-state index < -0.39 is 5.91 Å². The molecular weight excluding hydrogens is 291 g/mol. The van der Waals surface area contributed by atoms with Crippen LogP contribution in [0.1, 0.15) is 0 Å². The second-order valence-electron chi connectivity index (χ2n) is 4.04. The van der Waals surface area contributed by atoms with E-state index in [4.69, 9.17) is 34.7 Å². The molecule has 0 saturated carbocycles. The Morgan fingerprint density at radius 3 is 2.47 bits per heavy atom. The maximum atomic E-state index is 11.7. The number of nitrogen functional groups attached to an aromatic ring is 1. The number of nitrogens with two attached hydrogens (primary N) is 2. The van der Waals surface area contributed by atoms with Crippen molar-refractivity contribution in [3.8, 4) is 0 Å². The third-order valence-corrected chi connectivity index (χ3v) is 2.71. The highest BCUT2D eigenvalue weighted by atomic mass is 35.5. The number of nitrogens with zero attached hydrogens (tertiary/aromatic N) is 1. The van der Waals surface area contributed by atoms with Gasteiger partial charge >= 0.3 is 0 Å². The van der Waals surface area contributed by atoms with Gasteiger partial charge in [-0.3, -0.25) is 14.5 Å².